The number of hydrogen-bond acceptors (Lipinski definition) is 14. The van der Waals surface area contributed by atoms with Crippen molar-refractivity contribution in [2.75, 3.05) is 79.1 Å². The number of piperazine rings is 1. The van der Waals surface area contributed by atoms with Crippen molar-refractivity contribution in [2.24, 2.45) is 0 Å². The average Bonchev–Trinajstić information content (AvgIpc) is 3.52. The molecule has 4 aromatic rings. The number of carbonyl (C=O) groups is 6. The van der Waals surface area contributed by atoms with Crippen molar-refractivity contribution >= 4 is 75.6 Å². The number of alkyl halides is 3. The van der Waals surface area contributed by atoms with E-state index in [1.807, 2.05) is 11.0 Å². The van der Waals surface area contributed by atoms with Gasteiger partial charge in [-0.1, -0.05) is 18.7 Å². The first-order valence-corrected chi connectivity index (χ1v) is 20.2. The van der Waals surface area contributed by atoms with Gasteiger partial charge in [-0.05, 0) is 61.4 Å². The van der Waals surface area contributed by atoms with E-state index in [2.05, 4.69) is 53.3 Å². The van der Waals surface area contributed by atoms with E-state index in [4.69, 9.17) is 4.74 Å². The lowest BCUT2D eigenvalue weighted by Gasteiger charge is -2.36. The molecule has 0 aliphatic carbocycles. The molecular weight excluding hydrogens is 840 g/mol. The fourth-order valence-electron chi connectivity index (χ4n) is 7.47. The Morgan fingerprint density at radius 3 is 2.44 bits per heavy atom. The molecule has 1 unspecified atom stereocenters. The molecule has 2 saturated heterocycles. The molecule has 3 aliphatic rings. The van der Waals surface area contributed by atoms with Crippen LogP contribution in [0.5, 0.6) is 5.75 Å². The summed E-state index contributed by atoms with van der Waals surface area (Å²) < 4.78 is 47.6. The third-order valence-electron chi connectivity index (χ3n) is 10.7. The van der Waals surface area contributed by atoms with Crippen LogP contribution >= 0.6 is 0 Å². The second-order valence-electron chi connectivity index (χ2n) is 14.9. The first kappa shape index (κ1) is 44.5. The molecule has 2 fully saturated rings. The average molecular weight is 884 g/mol. The van der Waals surface area contributed by atoms with Crippen molar-refractivity contribution in [1.29, 1.82) is 0 Å². The van der Waals surface area contributed by atoms with Crippen LogP contribution in [-0.4, -0.2) is 114 Å². The Labute approximate surface area is 364 Å². The monoisotopic (exact) mass is 883 g/mol. The maximum absolute atomic E-state index is 14.0. The highest BCUT2D eigenvalue weighted by Gasteiger charge is 2.45. The van der Waals surface area contributed by atoms with E-state index in [9.17, 15) is 41.9 Å². The number of nitrogens with one attached hydrogen (secondary N) is 6. The fourth-order valence-corrected chi connectivity index (χ4v) is 7.47. The van der Waals surface area contributed by atoms with Gasteiger partial charge in [-0.25, -0.2) is 4.98 Å². The Hall–Kier alpha value is -7.55. The number of methoxy groups -OCH3 is 1. The third kappa shape index (κ3) is 10.2. The number of carbonyl (C=O) groups excluding carboxylic acids is 6. The molecule has 6 N–H and O–H groups in total. The number of piperidine rings is 1. The van der Waals surface area contributed by atoms with Crippen LogP contribution < -0.4 is 41.5 Å². The largest absolute Gasteiger partial charge is 0.494 e. The molecule has 0 radical (unpaired) electrons. The number of benzene rings is 3. The van der Waals surface area contributed by atoms with Crippen LogP contribution in [-0.2, 0) is 25.4 Å². The number of imide groups is 2. The highest BCUT2D eigenvalue weighted by molar-refractivity contribution is 6.25. The zero-order chi connectivity index (χ0) is 45.5. The van der Waals surface area contributed by atoms with Gasteiger partial charge in [0.15, 0.2) is 0 Å². The van der Waals surface area contributed by atoms with Gasteiger partial charge in [0.2, 0.25) is 29.6 Å². The second kappa shape index (κ2) is 19.2. The van der Waals surface area contributed by atoms with Crippen LogP contribution in [0.15, 0.2) is 79.5 Å². The van der Waals surface area contributed by atoms with Gasteiger partial charge in [0.25, 0.3) is 11.8 Å². The summed E-state index contributed by atoms with van der Waals surface area (Å²) in [6, 6.07) is 15.2. The molecule has 1 atom stereocenters. The van der Waals surface area contributed by atoms with Crippen LogP contribution in [0.4, 0.5) is 53.4 Å². The van der Waals surface area contributed by atoms with Crippen LogP contribution in [0.3, 0.4) is 0 Å². The summed E-state index contributed by atoms with van der Waals surface area (Å²) in [7, 11) is 1.46. The van der Waals surface area contributed by atoms with Crippen molar-refractivity contribution in [3.63, 3.8) is 0 Å². The molecule has 0 spiro atoms. The summed E-state index contributed by atoms with van der Waals surface area (Å²) in [5, 5.41) is 16.5. The first-order chi connectivity index (χ1) is 30.7. The van der Waals surface area contributed by atoms with E-state index in [1.54, 1.807) is 36.4 Å². The fraction of sp³-hybridized carbons (Fsp3) is 0.302. The Balaban J connectivity index is 0.878. The van der Waals surface area contributed by atoms with E-state index in [0.29, 0.717) is 74.7 Å². The molecule has 3 aromatic carbocycles. The molecule has 0 bridgehead atoms. The van der Waals surface area contributed by atoms with E-state index >= 15 is 0 Å². The predicted molar refractivity (Wildman–Crippen MR) is 230 cm³/mol. The molecule has 0 saturated carbocycles. The van der Waals surface area contributed by atoms with Crippen LogP contribution in [0.25, 0.3) is 0 Å². The molecule has 3 aliphatic heterocycles. The lowest BCUT2D eigenvalue weighted by atomic mass is 10.0. The minimum Gasteiger partial charge on any atom is -0.494 e. The number of nitrogens with zero attached hydrogens (tertiary/aromatic N) is 5. The SMILES string of the molecule is C=CC(=O)Nc1cccc(Nc2nc(Nc3ccc(N4CCN(CC(=O)NCCCNc5cccc6c5C(=O)N(C5CCC(=O)NC5=O)C6=O)CC4)cc3OC)ncc2C(F)(F)F)c1. The lowest BCUT2D eigenvalue weighted by Crippen LogP contribution is -2.54. The minimum absolute atomic E-state index is 0.0272. The number of rotatable bonds is 16. The topological polar surface area (TPSA) is 219 Å². The Kier molecular flexibility index (Phi) is 13.4. The molecule has 64 heavy (non-hydrogen) atoms. The zero-order valence-corrected chi connectivity index (χ0v) is 34.5. The number of anilines is 7. The van der Waals surface area contributed by atoms with Crippen molar-refractivity contribution in [3.05, 3.63) is 96.2 Å². The third-order valence-corrected chi connectivity index (χ3v) is 10.7. The molecule has 18 nitrogen and oxygen atoms in total. The summed E-state index contributed by atoms with van der Waals surface area (Å²) in [4.78, 5) is 88.1. The van der Waals surface area contributed by atoms with E-state index < -0.39 is 53.1 Å². The molecule has 334 valence electrons. The molecule has 21 heteroatoms. The predicted octanol–water partition coefficient (Wildman–Crippen LogP) is 4.26. The van der Waals surface area contributed by atoms with Crippen molar-refractivity contribution in [1.82, 2.24) is 30.4 Å². The quantitative estimate of drug-likeness (QED) is 0.0527. The van der Waals surface area contributed by atoms with Gasteiger partial charge in [0.05, 0.1) is 30.5 Å². The number of hydrogen-bond donors (Lipinski definition) is 6. The second-order valence-corrected chi connectivity index (χ2v) is 14.9. The van der Waals surface area contributed by atoms with Gasteiger partial charge in [0, 0.05) is 80.7 Å². The standard InChI is InChI=1S/C43H44F3N11O7/c1-3-34(58)50-25-7-4-8-26(21-25)51-38-29(43(44,45)46)23-49-42(54-38)52-30-12-11-27(22-33(30)64-2)56-19-17-55(18-20-56)24-36(60)48-16-6-15-47-31-10-5-9-28-37(31)41(63)57(40(28)62)32-13-14-35(59)53-39(32)61/h3-5,7-12,21-23,32,47H,1,6,13-20,24H2,2H3,(H,48,60)(H,50,58)(H,53,59,61)(H2,49,51,52,54). The minimum atomic E-state index is -4.77. The Bertz CT molecular complexity index is 2490. The van der Waals surface area contributed by atoms with E-state index in [-0.39, 0.29) is 48.1 Å². The Morgan fingerprint density at radius 1 is 0.938 bits per heavy atom. The van der Waals surface area contributed by atoms with Crippen LogP contribution in [0.2, 0.25) is 0 Å². The molecule has 6 amide bonds. The van der Waals surface area contributed by atoms with E-state index in [1.165, 1.54) is 25.3 Å². The summed E-state index contributed by atoms with van der Waals surface area (Å²) in [6.45, 7) is 6.72. The van der Waals surface area contributed by atoms with Gasteiger partial charge in [-0.2, -0.15) is 18.2 Å². The van der Waals surface area contributed by atoms with E-state index in [0.717, 1.165) is 16.7 Å². The smallest absolute Gasteiger partial charge is 0.421 e. The number of fused-ring (bicyclic) bond motifs is 1. The van der Waals surface area contributed by atoms with Crippen molar-refractivity contribution in [2.45, 2.75) is 31.5 Å². The Morgan fingerprint density at radius 2 is 1.70 bits per heavy atom. The lowest BCUT2D eigenvalue weighted by molar-refractivity contribution is -0.138. The maximum atomic E-state index is 14.0. The number of aromatic nitrogens is 2. The van der Waals surface area contributed by atoms with Gasteiger partial charge < -0.3 is 36.2 Å². The summed E-state index contributed by atoms with van der Waals surface area (Å²) >= 11 is 0. The van der Waals surface area contributed by atoms with Crippen molar-refractivity contribution in [3.8, 4) is 5.75 Å². The molecule has 1 aromatic heterocycles. The highest BCUT2D eigenvalue weighted by atomic mass is 19.4. The molecular formula is C43H44F3N11O7. The van der Waals surface area contributed by atoms with Gasteiger partial charge in [0.1, 0.15) is 23.2 Å². The maximum Gasteiger partial charge on any atom is 0.421 e. The van der Waals surface area contributed by atoms with Gasteiger partial charge in [-0.15, -0.1) is 0 Å². The summed E-state index contributed by atoms with van der Waals surface area (Å²) in [6.07, 6.45) is -2.42. The number of amides is 6. The molecule has 7 rings (SSSR count). The molecule has 4 heterocycles. The number of halogens is 3. The van der Waals surface area contributed by atoms with Gasteiger partial charge in [-0.3, -0.25) is 43.9 Å². The van der Waals surface area contributed by atoms with Crippen molar-refractivity contribution < 1.29 is 46.7 Å². The first-order valence-electron chi connectivity index (χ1n) is 20.2. The number of ether oxygens (including phenoxy) is 1. The normalized spacial score (nSPS) is 16.5. The summed E-state index contributed by atoms with van der Waals surface area (Å²) in [5.41, 5.74) is 1.49. The van der Waals surface area contributed by atoms with Crippen LogP contribution in [0.1, 0.15) is 45.5 Å². The zero-order valence-electron chi connectivity index (χ0n) is 34.5. The van der Waals surface area contributed by atoms with Gasteiger partial charge >= 0.3 is 6.18 Å². The highest BCUT2D eigenvalue weighted by Crippen LogP contribution is 2.37. The summed E-state index contributed by atoms with van der Waals surface area (Å²) in [5.74, 6) is -3.20. The van der Waals surface area contributed by atoms with Crippen LogP contribution in [0, 0.1) is 0 Å².